The number of rotatable bonds is 6. The summed E-state index contributed by atoms with van der Waals surface area (Å²) in [6.07, 6.45) is 2.22. The Morgan fingerprint density at radius 3 is 2.46 bits per heavy atom. The second-order valence-electron chi connectivity index (χ2n) is 7.30. The molecule has 0 unspecified atom stereocenters. The number of nitrogens with two attached hydrogens (primary N) is 1. The molecule has 3 rings (SSSR count). The molecule has 0 aliphatic carbocycles. The molecule has 4 nitrogen and oxygen atoms in total. The van der Waals surface area contributed by atoms with Gasteiger partial charge in [0.1, 0.15) is 12.4 Å². The van der Waals surface area contributed by atoms with Crippen molar-refractivity contribution in [2.75, 3.05) is 13.1 Å². The third kappa shape index (κ3) is 4.44. The Morgan fingerprint density at radius 1 is 1.15 bits per heavy atom. The average Bonchev–Trinajstić information content (AvgIpc) is 2.67. The number of likely N-dealkylation sites (tertiary alicyclic amines) is 1. The molecule has 0 saturated carbocycles. The molecule has 1 heterocycles. The molecule has 138 valence electrons. The van der Waals surface area contributed by atoms with Crippen LogP contribution in [0, 0.1) is 0 Å². The lowest BCUT2D eigenvalue weighted by molar-refractivity contribution is 0.0995. The SMILES string of the molecule is CC(C)N1CCC(c2ccc(OCc3ccccc3)c(C(N)=O)c2)CC1. The Bertz CT molecular complexity index is 735. The van der Waals surface area contributed by atoms with Gasteiger partial charge in [0.25, 0.3) is 5.91 Å². The molecule has 0 atom stereocenters. The number of amides is 1. The zero-order chi connectivity index (χ0) is 18.5. The third-order valence-electron chi connectivity index (χ3n) is 5.24. The molecular weight excluding hydrogens is 324 g/mol. The summed E-state index contributed by atoms with van der Waals surface area (Å²) in [5, 5.41) is 0. The highest BCUT2D eigenvalue weighted by molar-refractivity contribution is 5.95. The molecule has 26 heavy (non-hydrogen) atoms. The number of piperidine rings is 1. The molecule has 2 aromatic rings. The van der Waals surface area contributed by atoms with Gasteiger partial charge in [-0.15, -0.1) is 0 Å². The molecule has 0 spiro atoms. The van der Waals surface area contributed by atoms with Gasteiger partial charge in [-0.05, 0) is 69.0 Å². The van der Waals surface area contributed by atoms with E-state index in [0.29, 0.717) is 29.9 Å². The van der Waals surface area contributed by atoms with Crippen LogP contribution in [0.3, 0.4) is 0 Å². The maximum Gasteiger partial charge on any atom is 0.252 e. The van der Waals surface area contributed by atoms with Gasteiger partial charge in [-0.3, -0.25) is 4.79 Å². The van der Waals surface area contributed by atoms with Crippen LogP contribution in [0.5, 0.6) is 5.75 Å². The Balaban J connectivity index is 1.72. The van der Waals surface area contributed by atoms with Crippen LogP contribution in [-0.2, 0) is 6.61 Å². The van der Waals surface area contributed by atoms with E-state index in [9.17, 15) is 4.79 Å². The monoisotopic (exact) mass is 352 g/mol. The van der Waals surface area contributed by atoms with E-state index in [2.05, 4.69) is 24.8 Å². The molecular formula is C22H28N2O2. The first-order chi connectivity index (χ1) is 12.5. The summed E-state index contributed by atoms with van der Waals surface area (Å²) in [6, 6.07) is 16.4. The van der Waals surface area contributed by atoms with Crippen molar-refractivity contribution in [3.63, 3.8) is 0 Å². The van der Waals surface area contributed by atoms with Crippen LogP contribution in [-0.4, -0.2) is 29.9 Å². The lowest BCUT2D eigenvalue weighted by atomic mass is 9.88. The van der Waals surface area contributed by atoms with E-state index in [1.54, 1.807) is 0 Å². The lowest BCUT2D eigenvalue weighted by Crippen LogP contribution is -2.37. The third-order valence-corrected chi connectivity index (χ3v) is 5.24. The fourth-order valence-corrected chi connectivity index (χ4v) is 3.60. The number of carbonyl (C=O) groups is 1. The van der Waals surface area contributed by atoms with Crippen LogP contribution >= 0.6 is 0 Å². The minimum Gasteiger partial charge on any atom is -0.488 e. The van der Waals surface area contributed by atoms with Gasteiger partial charge in [0.05, 0.1) is 5.56 Å². The number of ether oxygens (including phenoxy) is 1. The number of carbonyl (C=O) groups excluding carboxylic acids is 1. The van der Waals surface area contributed by atoms with E-state index < -0.39 is 5.91 Å². The van der Waals surface area contributed by atoms with Crippen molar-refractivity contribution >= 4 is 5.91 Å². The standard InChI is InChI=1S/C22H28N2O2/c1-16(2)24-12-10-18(11-13-24)19-8-9-21(20(14-19)22(23)25)26-15-17-6-4-3-5-7-17/h3-9,14,16,18H,10-13,15H2,1-2H3,(H2,23,25). The van der Waals surface area contributed by atoms with Crippen molar-refractivity contribution in [2.24, 2.45) is 5.73 Å². The molecule has 1 fully saturated rings. The topological polar surface area (TPSA) is 55.6 Å². The fraction of sp³-hybridized carbons (Fsp3) is 0.409. The number of benzene rings is 2. The van der Waals surface area contributed by atoms with Crippen LogP contribution in [0.1, 0.15) is 54.1 Å². The van der Waals surface area contributed by atoms with E-state index in [0.717, 1.165) is 31.5 Å². The Morgan fingerprint density at radius 2 is 1.85 bits per heavy atom. The van der Waals surface area contributed by atoms with Crippen molar-refractivity contribution in [3.05, 3.63) is 65.2 Å². The largest absolute Gasteiger partial charge is 0.488 e. The van der Waals surface area contributed by atoms with Crippen molar-refractivity contribution in [3.8, 4) is 5.75 Å². The molecule has 0 aromatic heterocycles. The fourth-order valence-electron chi connectivity index (χ4n) is 3.60. The van der Waals surface area contributed by atoms with Gasteiger partial charge in [-0.2, -0.15) is 0 Å². The van der Waals surface area contributed by atoms with Crippen LogP contribution in [0.4, 0.5) is 0 Å². The first-order valence-electron chi connectivity index (χ1n) is 9.39. The molecule has 2 aromatic carbocycles. The van der Waals surface area contributed by atoms with E-state index in [4.69, 9.17) is 10.5 Å². The Kier molecular flexibility index (Phi) is 5.94. The van der Waals surface area contributed by atoms with E-state index in [1.807, 2.05) is 42.5 Å². The number of hydrogen-bond acceptors (Lipinski definition) is 3. The Hall–Kier alpha value is -2.33. The summed E-state index contributed by atoms with van der Waals surface area (Å²) in [6.45, 7) is 7.10. The summed E-state index contributed by atoms with van der Waals surface area (Å²) < 4.78 is 5.87. The first-order valence-corrected chi connectivity index (χ1v) is 9.39. The van der Waals surface area contributed by atoms with Crippen LogP contribution in [0.15, 0.2) is 48.5 Å². The van der Waals surface area contributed by atoms with Crippen LogP contribution < -0.4 is 10.5 Å². The minimum atomic E-state index is -0.436. The van der Waals surface area contributed by atoms with Crippen molar-refractivity contribution in [1.82, 2.24) is 4.90 Å². The Labute approximate surface area is 156 Å². The summed E-state index contributed by atoms with van der Waals surface area (Å²) in [5.41, 5.74) is 8.35. The molecule has 0 radical (unpaired) electrons. The van der Waals surface area contributed by atoms with Gasteiger partial charge in [0.2, 0.25) is 0 Å². The highest BCUT2D eigenvalue weighted by atomic mass is 16.5. The van der Waals surface area contributed by atoms with Gasteiger partial charge in [-0.25, -0.2) is 0 Å². The number of primary amides is 1. The van der Waals surface area contributed by atoms with Crippen LogP contribution in [0.2, 0.25) is 0 Å². The maximum atomic E-state index is 11.9. The van der Waals surface area contributed by atoms with Gasteiger partial charge in [-0.1, -0.05) is 36.4 Å². The van der Waals surface area contributed by atoms with Gasteiger partial charge < -0.3 is 15.4 Å². The molecule has 1 amide bonds. The van der Waals surface area contributed by atoms with Gasteiger partial charge in [0.15, 0.2) is 0 Å². The molecule has 1 saturated heterocycles. The molecule has 1 aliphatic rings. The van der Waals surface area contributed by atoms with Gasteiger partial charge >= 0.3 is 0 Å². The van der Waals surface area contributed by atoms with Crippen molar-refractivity contribution in [1.29, 1.82) is 0 Å². The van der Waals surface area contributed by atoms with E-state index in [-0.39, 0.29) is 0 Å². The summed E-state index contributed by atoms with van der Waals surface area (Å²) in [7, 11) is 0. The quantitative estimate of drug-likeness (QED) is 0.856. The second-order valence-corrected chi connectivity index (χ2v) is 7.30. The normalized spacial score (nSPS) is 16.0. The highest BCUT2D eigenvalue weighted by Crippen LogP contribution is 2.32. The van der Waals surface area contributed by atoms with Gasteiger partial charge in [0, 0.05) is 6.04 Å². The zero-order valence-corrected chi connectivity index (χ0v) is 15.7. The summed E-state index contributed by atoms with van der Waals surface area (Å²) in [5.74, 6) is 0.602. The molecule has 0 bridgehead atoms. The summed E-state index contributed by atoms with van der Waals surface area (Å²) >= 11 is 0. The average molecular weight is 352 g/mol. The van der Waals surface area contributed by atoms with Crippen molar-refractivity contribution < 1.29 is 9.53 Å². The summed E-state index contributed by atoms with van der Waals surface area (Å²) in [4.78, 5) is 14.4. The smallest absolute Gasteiger partial charge is 0.252 e. The van der Waals surface area contributed by atoms with Crippen LogP contribution in [0.25, 0.3) is 0 Å². The minimum absolute atomic E-state index is 0.424. The lowest BCUT2D eigenvalue weighted by Gasteiger charge is -2.35. The predicted molar refractivity (Wildman–Crippen MR) is 104 cm³/mol. The second kappa shape index (κ2) is 8.37. The zero-order valence-electron chi connectivity index (χ0n) is 15.7. The van der Waals surface area contributed by atoms with E-state index in [1.165, 1.54) is 5.56 Å². The number of hydrogen-bond donors (Lipinski definition) is 1. The highest BCUT2D eigenvalue weighted by Gasteiger charge is 2.23. The molecule has 4 heteroatoms. The maximum absolute atomic E-state index is 11.9. The van der Waals surface area contributed by atoms with E-state index >= 15 is 0 Å². The number of nitrogens with zero attached hydrogens (tertiary/aromatic N) is 1. The molecule has 1 aliphatic heterocycles. The molecule has 2 N–H and O–H groups in total. The predicted octanol–water partition coefficient (Wildman–Crippen LogP) is 3.95. The first kappa shape index (κ1) is 18.5. The van der Waals surface area contributed by atoms with Crippen molar-refractivity contribution in [2.45, 2.75) is 45.3 Å².